The Hall–Kier alpha value is -2.60. The minimum atomic E-state index is 0.145. The highest BCUT2D eigenvalue weighted by atomic mass is 32.1. The van der Waals surface area contributed by atoms with E-state index in [2.05, 4.69) is 87.1 Å². The van der Waals surface area contributed by atoms with Crippen LogP contribution in [-0.4, -0.2) is 17.0 Å². The van der Waals surface area contributed by atoms with Crippen molar-refractivity contribution in [3.63, 3.8) is 0 Å². The van der Waals surface area contributed by atoms with Gasteiger partial charge in [0.2, 0.25) is 0 Å². The molecule has 1 fully saturated rings. The fourth-order valence-corrected chi connectivity index (χ4v) is 6.93. The molecule has 0 bridgehead atoms. The van der Waals surface area contributed by atoms with Crippen LogP contribution in [0.3, 0.4) is 0 Å². The zero-order valence-corrected chi connectivity index (χ0v) is 22.2. The Morgan fingerprint density at radius 2 is 1.53 bits per heavy atom. The molecule has 0 spiro atoms. The van der Waals surface area contributed by atoms with Crippen LogP contribution >= 0.6 is 22.7 Å². The molecule has 5 heteroatoms. The molecule has 0 saturated heterocycles. The maximum absolute atomic E-state index is 6.50. The minimum Gasteiger partial charge on any atom is -0.490 e. The summed E-state index contributed by atoms with van der Waals surface area (Å²) in [5.41, 5.74) is 5.39. The van der Waals surface area contributed by atoms with Crippen molar-refractivity contribution in [1.29, 1.82) is 0 Å². The van der Waals surface area contributed by atoms with Crippen molar-refractivity contribution in [2.24, 2.45) is 0 Å². The number of hydrogen-bond donors (Lipinski definition) is 0. The van der Waals surface area contributed by atoms with Gasteiger partial charge in [-0.1, -0.05) is 30.3 Å². The maximum atomic E-state index is 6.50. The summed E-state index contributed by atoms with van der Waals surface area (Å²) in [6.07, 6.45) is 7.07. The zero-order chi connectivity index (χ0) is 24.2. The molecule has 3 nitrogen and oxygen atoms in total. The SMILES string of the molecule is c1ccc(C2CCc3cc(O[C@H]4CC[C@H](N(Cc5ccsc5)Cc5ccsc5)CC4)ccc3O2)cc1. The Morgan fingerprint density at radius 3 is 2.19 bits per heavy atom. The van der Waals surface area contributed by atoms with Gasteiger partial charge in [-0.2, -0.15) is 22.7 Å². The van der Waals surface area contributed by atoms with E-state index < -0.39 is 0 Å². The summed E-state index contributed by atoms with van der Waals surface area (Å²) < 4.78 is 12.8. The lowest BCUT2D eigenvalue weighted by Gasteiger charge is -2.37. The number of fused-ring (bicyclic) bond motifs is 1. The quantitative estimate of drug-likeness (QED) is 0.236. The van der Waals surface area contributed by atoms with Crippen LogP contribution in [0, 0.1) is 0 Å². The fourth-order valence-electron chi connectivity index (χ4n) is 5.61. The van der Waals surface area contributed by atoms with Gasteiger partial charge in [-0.15, -0.1) is 0 Å². The molecule has 3 heterocycles. The van der Waals surface area contributed by atoms with Gasteiger partial charge >= 0.3 is 0 Å². The van der Waals surface area contributed by atoms with Gasteiger partial charge < -0.3 is 9.47 Å². The van der Waals surface area contributed by atoms with Crippen molar-refractivity contribution in [3.8, 4) is 11.5 Å². The lowest BCUT2D eigenvalue weighted by atomic mass is 9.91. The first-order chi connectivity index (χ1) is 17.8. The first-order valence-electron chi connectivity index (χ1n) is 13.1. The summed E-state index contributed by atoms with van der Waals surface area (Å²) in [5, 5.41) is 8.96. The Bertz CT molecular complexity index is 1180. The highest BCUT2D eigenvalue weighted by Crippen LogP contribution is 2.37. The van der Waals surface area contributed by atoms with Gasteiger partial charge in [0.25, 0.3) is 0 Å². The van der Waals surface area contributed by atoms with Crippen LogP contribution in [0.5, 0.6) is 11.5 Å². The Labute approximate surface area is 222 Å². The number of rotatable bonds is 8. The third-order valence-corrected chi connectivity index (χ3v) is 9.01. The van der Waals surface area contributed by atoms with Gasteiger partial charge in [-0.05, 0) is 113 Å². The summed E-state index contributed by atoms with van der Waals surface area (Å²) in [6, 6.07) is 22.1. The van der Waals surface area contributed by atoms with Gasteiger partial charge in [-0.25, -0.2) is 0 Å². The Balaban J connectivity index is 1.05. The monoisotopic (exact) mass is 515 g/mol. The third-order valence-electron chi connectivity index (χ3n) is 7.54. The van der Waals surface area contributed by atoms with Crippen LogP contribution in [0.15, 0.2) is 82.2 Å². The lowest BCUT2D eigenvalue weighted by molar-refractivity contribution is 0.0793. The highest BCUT2D eigenvalue weighted by molar-refractivity contribution is 7.08. The molecule has 0 N–H and O–H groups in total. The normalized spacial score (nSPS) is 21.6. The standard InChI is InChI=1S/C31H33NO2S2/c1-2-4-25(5-3-1)30-12-6-26-18-29(11-13-31(26)34-30)33-28-9-7-27(8-10-28)32(19-23-14-16-35-21-23)20-24-15-17-36-22-24/h1-5,11,13-18,21-22,27-28,30H,6-10,12,19-20H2/t27-,28-,30?. The first kappa shape index (κ1) is 23.8. The van der Waals surface area contributed by atoms with Crippen molar-refractivity contribution in [2.45, 2.75) is 69.9 Å². The van der Waals surface area contributed by atoms with Crippen molar-refractivity contribution < 1.29 is 9.47 Å². The molecule has 2 aromatic heterocycles. The van der Waals surface area contributed by atoms with Crippen molar-refractivity contribution in [2.75, 3.05) is 0 Å². The second kappa shape index (κ2) is 11.2. The second-order valence-electron chi connectivity index (χ2n) is 10.0. The predicted octanol–water partition coefficient (Wildman–Crippen LogP) is 8.27. The smallest absolute Gasteiger partial charge is 0.124 e. The first-order valence-corrected chi connectivity index (χ1v) is 15.0. The number of nitrogens with zero attached hydrogens (tertiary/aromatic N) is 1. The molecule has 1 unspecified atom stereocenters. The molecule has 0 amide bonds. The topological polar surface area (TPSA) is 21.7 Å². The number of aryl methyl sites for hydroxylation is 1. The van der Waals surface area contributed by atoms with Crippen LogP contribution in [-0.2, 0) is 19.5 Å². The molecule has 1 atom stereocenters. The number of thiophene rings is 2. The highest BCUT2D eigenvalue weighted by Gasteiger charge is 2.28. The second-order valence-corrected chi connectivity index (χ2v) is 11.6. The molecule has 1 aliphatic carbocycles. The van der Waals surface area contributed by atoms with Gasteiger partial charge in [0.05, 0.1) is 6.10 Å². The maximum Gasteiger partial charge on any atom is 0.124 e. The summed E-state index contributed by atoms with van der Waals surface area (Å²) in [5.74, 6) is 2.00. The van der Waals surface area contributed by atoms with Crippen LogP contribution in [0.25, 0.3) is 0 Å². The molecular weight excluding hydrogens is 482 g/mol. The molecular formula is C31H33NO2S2. The van der Waals surface area contributed by atoms with Crippen LogP contribution in [0.2, 0.25) is 0 Å². The van der Waals surface area contributed by atoms with E-state index in [0.717, 1.165) is 50.3 Å². The van der Waals surface area contributed by atoms with Crippen LogP contribution < -0.4 is 9.47 Å². The Kier molecular flexibility index (Phi) is 7.40. The Morgan fingerprint density at radius 1 is 0.806 bits per heavy atom. The van der Waals surface area contributed by atoms with Crippen molar-refractivity contribution in [3.05, 3.63) is 104 Å². The number of benzene rings is 2. The van der Waals surface area contributed by atoms with Gasteiger partial charge in [-0.3, -0.25) is 4.90 Å². The molecule has 36 heavy (non-hydrogen) atoms. The average molecular weight is 516 g/mol. The lowest BCUT2D eigenvalue weighted by Crippen LogP contribution is -2.39. The van der Waals surface area contributed by atoms with Gasteiger partial charge in [0.15, 0.2) is 0 Å². The van der Waals surface area contributed by atoms with E-state index in [4.69, 9.17) is 9.47 Å². The number of hydrogen-bond acceptors (Lipinski definition) is 5. The van der Waals surface area contributed by atoms with E-state index in [1.807, 2.05) is 0 Å². The van der Waals surface area contributed by atoms with Crippen LogP contribution in [0.4, 0.5) is 0 Å². The summed E-state index contributed by atoms with van der Waals surface area (Å²) in [7, 11) is 0. The molecule has 1 aliphatic heterocycles. The van der Waals surface area contributed by atoms with E-state index in [1.54, 1.807) is 22.7 Å². The number of ether oxygens (including phenoxy) is 2. The van der Waals surface area contributed by atoms with Gasteiger partial charge in [0, 0.05) is 19.1 Å². The largest absolute Gasteiger partial charge is 0.490 e. The molecule has 2 aromatic carbocycles. The van der Waals surface area contributed by atoms with E-state index in [0.29, 0.717) is 12.1 Å². The predicted molar refractivity (Wildman–Crippen MR) is 149 cm³/mol. The molecule has 0 radical (unpaired) electrons. The van der Waals surface area contributed by atoms with Crippen LogP contribution in [0.1, 0.15) is 60.5 Å². The zero-order valence-electron chi connectivity index (χ0n) is 20.6. The average Bonchev–Trinajstić information content (AvgIpc) is 3.64. The summed E-state index contributed by atoms with van der Waals surface area (Å²) in [6.45, 7) is 2.06. The van der Waals surface area contributed by atoms with E-state index in [9.17, 15) is 0 Å². The molecule has 6 rings (SSSR count). The van der Waals surface area contributed by atoms with Gasteiger partial charge in [0.1, 0.15) is 17.6 Å². The van der Waals surface area contributed by atoms with Crippen molar-refractivity contribution in [1.82, 2.24) is 4.90 Å². The molecule has 2 aliphatic rings. The molecule has 1 saturated carbocycles. The minimum absolute atomic E-state index is 0.145. The summed E-state index contributed by atoms with van der Waals surface area (Å²) in [4.78, 5) is 2.68. The van der Waals surface area contributed by atoms with Crippen molar-refractivity contribution >= 4 is 22.7 Å². The van der Waals surface area contributed by atoms with E-state index in [-0.39, 0.29) is 6.10 Å². The molecule has 186 valence electrons. The van der Waals surface area contributed by atoms with E-state index in [1.165, 1.54) is 35.1 Å². The third kappa shape index (κ3) is 5.69. The summed E-state index contributed by atoms with van der Waals surface area (Å²) >= 11 is 3.59. The van der Waals surface area contributed by atoms with E-state index >= 15 is 0 Å². The fraction of sp³-hybridized carbons (Fsp3) is 0.355. The molecule has 4 aromatic rings.